The Kier molecular flexibility index (Phi) is 7.72. The van der Waals surface area contributed by atoms with Crippen LogP contribution < -0.4 is 20.3 Å². The number of benzene rings is 2. The number of hydrogen-bond donors (Lipinski definition) is 2. The number of carbonyl (C=O) groups excluding carboxylic acids is 1. The lowest BCUT2D eigenvalue weighted by molar-refractivity contribution is -0.115. The highest BCUT2D eigenvalue weighted by atomic mass is 79.9. The number of rotatable bonds is 7. The second kappa shape index (κ2) is 11.2. The van der Waals surface area contributed by atoms with Crippen LogP contribution in [0.2, 0.25) is 0 Å². The molecule has 39 heavy (non-hydrogen) atoms. The number of carbonyl (C=O) groups is 1. The number of ether oxygens (including phenoxy) is 1. The van der Waals surface area contributed by atoms with Gasteiger partial charge in [-0.1, -0.05) is 25.1 Å². The van der Waals surface area contributed by atoms with E-state index < -0.39 is 0 Å². The van der Waals surface area contributed by atoms with Crippen molar-refractivity contribution in [2.24, 2.45) is 0 Å². The minimum Gasteiger partial charge on any atom is -0.494 e. The topological polar surface area (TPSA) is 71.4 Å². The molecule has 1 amide bonds. The van der Waals surface area contributed by atoms with Crippen molar-refractivity contribution < 1.29 is 9.53 Å². The molecule has 1 saturated heterocycles. The highest BCUT2D eigenvalue weighted by molar-refractivity contribution is 9.10. The van der Waals surface area contributed by atoms with E-state index >= 15 is 0 Å². The largest absolute Gasteiger partial charge is 0.494 e. The molecule has 0 spiro atoms. The van der Waals surface area contributed by atoms with E-state index in [2.05, 4.69) is 67.0 Å². The molecule has 5 rings (SSSR count). The lowest BCUT2D eigenvalue weighted by atomic mass is 9.96. The molecular weight excluding hydrogens is 574 g/mol. The standard InChI is InChI=1S/C30H30BrN5O2S/c1-5-27(37)33-23-14-13-20(17-26(23)38-4)36-29(28(34-30(36)39)24-11-8-9-15-32-24)21-16-18(2)35(19(21)3)25-12-7-6-10-22(25)31/h6-17,28-29H,5H2,1-4H3,(H,33,37)(H,34,39). The summed E-state index contributed by atoms with van der Waals surface area (Å²) in [7, 11) is 1.60. The quantitative estimate of drug-likeness (QED) is 0.227. The zero-order valence-electron chi connectivity index (χ0n) is 22.2. The maximum absolute atomic E-state index is 12.1. The number of aromatic nitrogens is 2. The molecule has 200 valence electrons. The van der Waals surface area contributed by atoms with Crippen molar-refractivity contribution >= 4 is 50.5 Å². The van der Waals surface area contributed by atoms with E-state index in [1.807, 2.05) is 61.5 Å². The third-order valence-corrected chi connectivity index (χ3v) is 8.02. The molecule has 0 saturated carbocycles. The summed E-state index contributed by atoms with van der Waals surface area (Å²) in [5.41, 5.74) is 6.81. The smallest absolute Gasteiger partial charge is 0.224 e. The number of thiocarbonyl (C=S) groups is 1. The van der Waals surface area contributed by atoms with E-state index in [0.29, 0.717) is 23.0 Å². The minimum atomic E-state index is -0.185. The lowest BCUT2D eigenvalue weighted by Crippen LogP contribution is -2.29. The first kappa shape index (κ1) is 26.9. The van der Waals surface area contributed by atoms with Crippen LogP contribution in [0.4, 0.5) is 11.4 Å². The Labute approximate surface area is 242 Å². The fraction of sp³-hybridized carbons (Fsp3) is 0.233. The van der Waals surface area contributed by atoms with Gasteiger partial charge in [-0.25, -0.2) is 0 Å². The van der Waals surface area contributed by atoms with E-state index in [0.717, 1.165) is 38.5 Å². The van der Waals surface area contributed by atoms with Crippen molar-refractivity contribution in [1.82, 2.24) is 14.9 Å². The normalized spacial score (nSPS) is 16.7. The summed E-state index contributed by atoms with van der Waals surface area (Å²) in [5.74, 6) is 0.489. The molecule has 2 N–H and O–H groups in total. The van der Waals surface area contributed by atoms with Gasteiger partial charge in [0, 0.05) is 40.2 Å². The summed E-state index contributed by atoms with van der Waals surface area (Å²) in [4.78, 5) is 18.9. The van der Waals surface area contributed by atoms with Crippen molar-refractivity contribution in [2.75, 3.05) is 17.3 Å². The van der Waals surface area contributed by atoms with E-state index in [1.54, 1.807) is 13.3 Å². The van der Waals surface area contributed by atoms with Gasteiger partial charge in [0.05, 0.1) is 36.3 Å². The predicted molar refractivity (Wildman–Crippen MR) is 163 cm³/mol. The highest BCUT2D eigenvalue weighted by Crippen LogP contribution is 2.45. The van der Waals surface area contributed by atoms with Crippen LogP contribution in [0.1, 0.15) is 48.1 Å². The van der Waals surface area contributed by atoms with E-state index in [-0.39, 0.29) is 18.0 Å². The number of nitrogens with one attached hydrogen (secondary N) is 2. The van der Waals surface area contributed by atoms with E-state index in [9.17, 15) is 4.79 Å². The average Bonchev–Trinajstić information content (AvgIpc) is 3.44. The van der Waals surface area contributed by atoms with Gasteiger partial charge in [-0.15, -0.1) is 0 Å². The number of amides is 1. The molecule has 0 radical (unpaired) electrons. The number of aryl methyl sites for hydroxylation is 1. The summed E-state index contributed by atoms with van der Waals surface area (Å²) < 4.78 is 8.95. The van der Waals surface area contributed by atoms with Crippen molar-refractivity contribution in [3.8, 4) is 11.4 Å². The lowest BCUT2D eigenvalue weighted by Gasteiger charge is -2.29. The molecule has 1 fully saturated rings. The molecule has 2 atom stereocenters. The third-order valence-electron chi connectivity index (χ3n) is 7.04. The zero-order chi connectivity index (χ0) is 27.7. The molecule has 4 aromatic rings. The highest BCUT2D eigenvalue weighted by Gasteiger charge is 2.42. The first-order valence-electron chi connectivity index (χ1n) is 12.8. The minimum absolute atomic E-state index is 0.0768. The van der Waals surface area contributed by atoms with E-state index in [1.165, 1.54) is 0 Å². The fourth-order valence-electron chi connectivity index (χ4n) is 5.21. The van der Waals surface area contributed by atoms with Gasteiger partial charge in [-0.3, -0.25) is 9.78 Å². The van der Waals surface area contributed by atoms with Crippen molar-refractivity contribution in [1.29, 1.82) is 0 Å². The number of para-hydroxylation sites is 1. The van der Waals surface area contributed by atoms with Crippen molar-refractivity contribution in [3.63, 3.8) is 0 Å². The number of methoxy groups -OCH3 is 1. The van der Waals surface area contributed by atoms with Crippen LogP contribution in [-0.4, -0.2) is 27.7 Å². The van der Waals surface area contributed by atoms with Gasteiger partial charge in [0.25, 0.3) is 0 Å². The second-order valence-electron chi connectivity index (χ2n) is 9.40. The van der Waals surface area contributed by atoms with Gasteiger partial charge >= 0.3 is 0 Å². The molecule has 3 heterocycles. The Morgan fingerprint density at radius 3 is 2.59 bits per heavy atom. The molecule has 1 aliphatic rings. The summed E-state index contributed by atoms with van der Waals surface area (Å²) >= 11 is 9.66. The van der Waals surface area contributed by atoms with Gasteiger partial charge in [0.2, 0.25) is 5.91 Å². The van der Waals surface area contributed by atoms with E-state index in [4.69, 9.17) is 17.0 Å². The van der Waals surface area contributed by atoms with Crippen molar-refractivity contribution in [3.05, 3.63) is 100 Å². The summed E-state index contributed by atoms with van der Waals surface area (Å²) in [6.07, 6.45) is 2.18. The maximum atomic E-state index is 12.1. The molecular formula is C30H30BrN5O2S. The van der Waals surface area contributed by atoms with Gasteiger partial charge in [-0.05, 0) is 90.0 Å². The van der Waals surface area contributed by atoms with Gasteiger partial charge in [0.1, 0.15) is 5.75 Å². The van der Waals surface area contributed by atoms with Crippen LogP contribution in [0.25, 0.3) is 5.69 Å². The van der Waals surface area contributed by atoms with Crippen LogP contribution in [-0.2, 0) is 4.79 Å². The first-order chi connectivity index (χ1) is 18.8. The Hall–Kier alpha value is -3.69. The Balaban J connectivity index is 1.66. The maximum Gasteiger partial charge on any atom is 0.224 e. The Morgan fingerprint density at radius 1 is 1.13 bits per heavy atom. The molecule has 1 aliphatic heterocycles. The predicted octanol–water partition coefficient (Wildman–Crippen LogP) is 6.79. The number of nitrogens with zero attached hydrogens (tertiary/aromatic N) is 3. The molecule has 2 aromatic carbocycles. The molecule has 7 nitrogen and oxygen atoms in total. The molecule has 2 aromatic heterocycles. The van der Waals surface area contributed by atoms with Crippen LogP contribution in [0.5, 0.6) is 5.75 Å². The van der Waals surface area contributed by atoms with Crippen LogP contribution in [0, 0.1) is 13.8 Å². The third kappa shape index (κ3) is 5.04. The second-order valence-corrected chi connectivity index (χ2v) is 10.6. The number of hydrogen-bond acceptors (Lipinski definition) is 4. The monoisotopic (exact) mass is 603 g/mol. The summed E-state index contributed by atoms with van der Waals surface area (Å²) in [6, 6.07) is 21.7. The molecule has 9 heteroatoms. The van der Waals surface area contributed by atoms with Gasteiger partial charge in [0.15, 0.2) is 5.11 Å². The fourth-order valence-corrected chi connectivity index (χ4v) is 6.02. The van der Waals surface area contributed by atoms with Crippen LogP contribution in [0.15, 0.2) is 77.4 Å². The number of halogens is 1. The average molecular weight is 605 g/mol. The SMILES string of the molecule is CCC(=O)Nc1ccc(N2C(=S)NC(c3ccccn3)C2c2cc(C)n(-c3ccccc3Br)c2C)cc1OC. The summed E-state index contributed by atoms with van der Waals surface area (Å²) in [5, 5.41) is 7.04. The zero-order valence-corrected chi connectivity index (χ0v) is 24.6. The first-order valence-corrected chi connectivity index (χ1v) is 14.0. The van der Waals surface area contributed by atoms with Crippen LogP contribution >= 0.6 is 28.1 Å². The van der Waals surface area contributed by atoms with Crippen LogP contribution in [0.3, 0.4) is 0 Å². The van der Waals surface area contributed by atoms with Gasteiger partial charge < -0.3 is 24.8 Å². The Bertz CT molecular complexity index is 1540. The van der Waals surface area contributed by atoms with Crippen molar-refractivity contribution in [2.45, 2.75) is 39.3 Å². The number of pyridine rings is 1. The molecule has 0 aliphatic carbocycles. The summed E-state index contributed by atoms with van der Waals surface area (Å²) in [6.45, 7) is 6.07. The van der Waals surface area contributed by atoms with Gasteiger partial charge in [-0.2, -0.15) is 0 Å². The molecule has 2 unspecified atom stereocenters. The number of anilines is 2. The molecule has 0 bridgehead atoms. The Morgan fingerprint density at radius 2 is 1.90 bits per heavy atom.